The highest BCUT2D eigenvalue weighted by atomic mass is 19.1. The number of alkyl halides is 1. The molecule has 8 nitrogen and oxygen atoms in total. The van der Waals surface area contributed by atoms with Gasteiger partial charge in [0.15, 0.2) is 5.82 Å². The van der Waals surface area contributed by atoms with Crippen molar-refractivity contribution in [2.75, 3.05) is 44.3 Å². The number of nitrogens with two attached hydrogens (primary N) is 1. The van der Waals surface area contributed by atoms with E-state index in [1.54, 1.807) is 18.2 Å². The number of fused-ring (bicyclic) bond motifs is 3. The van der Waals surface area contributed by atoms with Gasteiger partial charge in [-0.15, -0.1) is 6.42 Å². The fraction of sp³-hybridized carbons (Fsp3) is 0.459. The molecular formula is C37H39F2N5O3. The molecule has 4 aliphatic heterocycles. The topological polar surface area (TPSA) is 97.0 Å². The quantitative estimate of drug-likeness (QED) is 0.274. The highest BCUT2D eigenvalue weighted by Gasteiger charge is 2.50. The number of ether oxygens (including phenoxy) is 2. The number of rotatable bonds is 5. The van der Waals surface area contributed by atoms with Gasteiger partial charge in [-0.3, -0.25) is 4.90 Å². The first kappa shape index (κ1) is 30.3. The lowest BCUT2D eigenvalue weighted by Crippen LogP contribution is -2.54. The van der Waals surface area contributed by atoms with Gasteiger partial charge in [-0.25, -0.2) is 8.78 Å². The number of hydrogen-bond donors (Lipinski definition) is 2. The summed E-state index contributed by atoms with van der Waals surface area (Å²) >= 11 is 0. The van der Waals surface area contributed by atoms with Gasteiger partial charge in [0.1, 0.15) is 29.9 Å². The maximum Gasteiger partial charge on any atom is 0.319 e. The average Bonchev–Trinajstić information content (AvgIpc) is 3.69. The average molecular weight is 640 g/mol. The molecule has 0 saturated carbocycles. The zero-order valence-corrected chi connectivity index (χ0v) is 26.5. The first-order valence-electron chi connectivity index (χ1n) is 16.6. The highest BCUT2D eigenvalue weighted by molar-refractivity contribution is 6.04. The number of aromatic nitrogens is 2. The van der Waals surface area contributed by atoms with Crippen molar-refractivity contribution in [1.82, 2.24) is 14.9 Å². The number of anilines is 1. The largest absolute Gasteiger partial charge is 0.508 e. The summed E-state index contributed by atoms with van der Waals surface area (Å²) < 4.78 is 44.0. The number of aromatic hydroxyl groups is 1. The molecule has 4 aromatic rings. The lowest BCUT2D eigenvalue weighted by atomic mass is 9.81. The molecule has 1 spiro atoms. The van der Waals surface area contributed by atoms with Gasteiger partial charge in [-0.05, 0) is 73.4 Å². The van der Waals surface area contributed by atoms with Crippen molar-refractivity contribution in [3.8, 4) is 35.2 Å². The highest BCUT2D eigenvalue weighted by Crippen LogP contribution is 2.43. The van der Waals surface area contributed by atoms with E-state index in [1.807, 2.05) is 18.2 Å². The van der Waals surface area contributed by atoms with Gasteiger partial charge in [0.2, 0.25) is 0 Å². The molecule has 0 radical (unpaired) electrons. The van der Waals surface area contributed by atoms with E-state index in [-0.39, 0.29) is 47.0 Å². The molecule has 4 saturated heterocycles. The molecule has 4 aliphatic rings. The van der Waals surface area contributed by atoms with Gasteiger partial charge in [0.25, 0.3) is 0 Å². The van der Waals surface area contributed by atoms with E-state index in [2.05, 4.69) is 27.6 Å². The predicted octanol–water partition coefficient (Wildman–Crippen LogP) is 5.56. The molecule has 10 heteroatoms. The summed E-state index contributed by atoms with van der Waals surface area (Å²) in [6.45, 7) is 5.48. The van der Waals surface area contributed by atoms with Crippen LogP contribution in [0.4, 0.5) is 14.6 Å². The van der Waals surface area contributed by atoms with E-state index in [0.717, 1.165) is 32.2 Å². The van der Waals surface area contributed by atoms with Crippen molar-refractivity contribution in [3.63, 3.8) is 0 Å². The van der Waals surface area contributed by atoms with Gasteiger partial charge < -0.3 is 25.2 Å². The second kappa shape index (κ2) is 11.3. The third-order valence-corrected chi connectivity index (χ3v) is 11.2. The van der Waals surface area contributed by atoms with Gasteiger partial charge in [-0.2, -0.15) is 9.97 Å². The zero-order valence-electron chi connectivity index (χ0n) is 26.5. The molecule has 8 rings (SSSR count). The Balaban J connectivity index is 1.23. The van der Waals surface area contributed by atoms with Crippen molar-refractivity contribution in [2.45, 2.75) is 62.4 Å². The van der Waals surface area contributed by atoms with Crippen LogP contribution in [0.1, 0.15) is 44.6 Å². The van der Waals surface area contributed by atoms with E-state index in [4.69, 9.17) is 26.6 Å². The minimum atomic E-state index is -0.899. The molecule has 5 heterocycles. The summed E-state index contributed by atoms with van der Waals surface area (Å²) in [6.07, 6.45) is 8.61. The van der Waals surface area contributed by atoms with E-state index in [0.29, 0.717) is 65.8 Å². The SMILES string of the molecule is C#Cc1cccc2cc(O)cc(-c3ccc4c(N5CCC6(CC5)OC[C@@H](C)[C@H]6N)nc(OC[C@@]56CCCN5C[C@H](F)C6)nc4c3F)c12. The summed E-state index contributed by atoms with van der Waals surface area (Å²) in [5.74, 6) is 2.99. The maximum atomic E-state index is 16.9. The minimum absolute atomic E-state index is 0.000533. The summed E-state index contributed by atoms with van der Waals surface area (Å²) in [7, 11) is 0. The van der Waals surface area contributed by atoms with Crippen LogP contribution >= 0.6 is 0 Å². The van der Waals surface area contributed by atoms with Gasteiger partial charge >= 0.3 is 6.01 Å². The molecule has 1 aromatic heterocycles. The number of benzene rings is 3. The molecule has 4 fully saturated rings. The smallest absolute Gasteiger partial charge is 0.319 e. The van der Waals surface area contributed by atoms with E-state index >= 15 is 4.39 Å². The fourth-order valence-corrected chi connectivity index (χ4v) is 8.62. The standard InChI is InChI=1S/C37H39F2N5O3/c1-3-23-6-4-7-24-16-26(45)17-29(30(23)24)27-8-9-28-32(31(27)39)41-35(46-21-36-10-5-13-44(36)19-25(38)18-36)42-34(28)43-14-11-37(12-15-43)33(40)22(2)20-47-37/h1,4,6-9,16-17,22,25,33,45H,5,10-15,18-21,40H2,2H3/t22-,25-,33-,36+/m1/s1. The van der Waals surface area contributed by atoms with Crippen molar-refractivity contribution in [3.05, 3.63) is 53.8 Å². The monoisotopic (exact) mass is 639 g/mol. The van der Waals surface area contributed by atoms with Crippen LogP contribution in [0.5, 0.6) is 11.8 Å². The summed E-state index contributed by atoms with van der Waals surface area (Å²) in [6, 6.07) is 12.1. The molecule has 4 atom stereocenters. The summed E-state index contributed by atoms with van der Waals surface area (Å²) in [5, 5.41) is 12.5. The molecule has 3 N–H and O–H groups in total. The van der Waals surface area contributed by atoms with Gasteiger partial charge in [0, 0.05) is 54.0 Å². The van der Waals surface area contributed by atoms with E-state index < -0.39 is 17.5 Å². The van der Waals surface area contributed by atoms with Crippen LogP contribution in [0.15, 0.2) is 42.5 Å². The predicted molar refractivity (Wildman–Crippen MR) is 178 cm³/mol. The Bertz CT molecular complexity index is 1920. The number of hydrogen-bond acceptors (Lipinski definition) is 8. The maximum absolute atomic E-state index is 16.9. The molecule has 0 amide bonds. The van der Waals surface area contributed by atoms with E-state index in [1.165, 1.54) is 6.07 Å². The Hall–Kier alpha value is -4.04. The van der Waals surface area contributed by atoms with Crippen LogP contribution in [0.2, 0.25) is 0 Å². The summed E-state index contributed by atoms with van der Waals surface area (Å²) in [4.78, 5) is 13.8. The van der Waals surface area contributed by atoms with Crippen LogP contribution in [-0.2, 0) is 4.74 Å². The van der Waals surface area contributed by atoms with Crippen LogP contribution in [0, 0.1) is 24.1 Å². The Morgan fingerprint density at radius 3 is 2.72 bits per heavy atom. The van der Waals surface area contributed by atoms with Crippen LogP contribution in [-0.4, -0.2) is 82.7 Å². The third kappa shape index (κ3) is 4.90. The lowest BCUT2D eigenvalue weighted by Gasteiger charge is -2.42. The van der Waals surface area contributed by atoms with Crippen molar-refractivity contribution >= 4 is 27.5 Å². The number of phenols is 1. The number of terminal acetylenes is 1. The van der Waals surface area contributed by atoms with Crippen LogP contribution < -0.4 is 15.4 Å². The number of nitrogens with zero attached hydrogens (tertiary/aromatic N) is 4. The first-order valence-corrected chi connectivity index (χ1v) is 16.6. The van der Waals surface area contributed by atoms with Crippen molar-refractivity contribution < 1.29 is 23.4 Å². The lowest BCUT2D eigenvalue weighted by molar-refractivity contribution is -0.0232. The molecule has 0 unspecified atom stereocenters. The van der Waals surface area contributed by atoms with Gasteiger partial charge in [-0.1, -0.05) is 31.0 Å². The molecule has 0 bridgehead atoms. The van der Waals surface area contributed by atoms with E-state index in [9.17, 15) is 9.50 Å². The minimum Gasteiger partial charge on any atom is -0.508 e. The first-order chi connectivity index (χ1) is 22.7. The van der Waals surface area contributed by atoms with Gasteiger partial charge in [0.05, 0.1) is 17.7 Å². The third-order valence-electron chi connectivity index (χ3n) is 11.2. The molecule has 47 heavy (non-hydrogen) atoms. The Morgan fingerprint density at radius 1 is 1.13 bits per heavy atom. The van der Waals surface area contributed by atoms with Crippen LogP contribution in [0.3, 0.4) is 0 Å². The zero-order chi connectivity index (χ0) is 32.5. The fourth-order valence-electron chi connectivity index (χ4n) is 8.62. The van der Waals surface area contributed by atoms with Crippen molar-refractivity contribution in [1.29, 1.82) is 0 Å². The Kier molecular flexibility index (Phi) is 7.28. The number of phenolic OH excluding ortho intramolecular Hbond substituents is 1. The molecule has 244 valence electrons. The Morgan fingerprint density at radius 2 is 1.96 bits per heavy atom. The second-order valence-corrected chi connectivity index (χ2v) is 13.9. The normalized spacial score (nSPS) is 27.1. The summed E-state index contributed by atoms with van der Waals surface area (Å²) in [5.41, 5.74) is 7.24. The molecule has 0 aliphatic carbocycles. The molecular weight excluding hydrogens is 600 g/mol. The number of piperidine rings is 1. The number of halogens is 2. The van der Waals surface area contributed by atoms with Crippen molar-refractivity contribution in [2.24, 2.45) is 11.7 Å². The van der Waals surface area contributed by atoms with Crippen LogP contribution in [0.25, 0.3) is 32.8 Å². The Labute approximate surface area is 272 Å². The second-order valence-electron chi connectivity index (χ2n) is 13.9. The molecule has 3 aromatic carbocycles.